The number of aromatic nitrogens is 3. The van der Waals surface area contributed by atoms with Crippen LogP contribution in [0.3, 0.4) is 0 Å². The number of nitriles is 1. The zero-order chi connectivity index (χ0) is 20.3. The maximum absolute atomic E-state index is 9.73. The van der Waals surface area contributed by atoms with Crippen LogP contribution in [0.4, 0.5) is 0 Å². The number of furan rings is 1. The first-order valence-corrected chi connectivity index (χ1v) is 9.49. The van der Waals surface area contributed by atoms with E-state index in [1.165, 1.54) is 0 Å². The van der Waals surface area contributed by atoms with Crippen LogP contribution in [0.25, 0.3) is 39.8 Å². The van der Waals surface area contributed by atoms with Crippen molar-refractivity contribution in [1.82, 2.24) is 14.8 Å². The lowest BCUT2D eigenvalue weighted by atomic mass is 10.1. The summed E-state index contributed by atoms with van der Waals surface area (Å²) in [4.78, 5) is 4.31. The number of hydrogen-bond acceptors (Lipinski definition) is 4. The van der Waals surface area contributed by atoms with Crippen LogP contribution < -0.4 is 0 Å². The second-order valence-electron chi connectivity index (χ2n) is 6.75. The van der Waals surface area contributed by atoms with E-state index in [0.717, 1.165) is 22.2 Å². The average molecular weight is 388 g/mol. The summed E-state index contributed by atoms with van der Waals surface area (Å²) < 4.78 is 7.85. The fourth-order valence-electron chi connectivity index (χ4n) is 3.34. The van der Waals surface area contributed by atoms with Gasteiger partial charge in [0.1, 0.15) is 17.3 Å². The third kappa shape index (κ3) is 3.27. The molecule has 0 fully saturated rings. The third-order valence-corrected chi connectivity index (χ3v) is 4.78. The molecule has 0 spiro atoms. The Morgan fingerprint density at radius 3 is 2.53 bits per heavy atom. The van der Waals surface area contributed by atoms with E-state index < -0.39 is 0 Å². The van der Waals surface area contributed by atoms with Crippen LogP contribution in [0, 0.1) is 11.3 Å². The van der Waals surface area contributed by atoms with Crippen molar-refractivity contribution >= 4 is 22.6 Å². The first kappa shape index (κ1) is 17.7. The molecule has 5 heteroatoms. The summed E-state index contributed by atoms with van der Waals surface area (Å²) in [6, 6.07) is 27.4. The number of allylic oxidation sites excluding steroid dienone is 1. The van der Waals surface area contributed by atoms with Gasteiger partial charge in [-0.05, 0) is 42.5 Å². The van der Waals surface area contributed by atoms with Crippen LogP contribution in [0.5, 0.6) is 0 Å². The number of rotatable bonds is 4. The lowest BCUT2D eigenvalue weighted by molar-refractivity contribution is 0.627. The molecule has 0 aliphatic heterocycles. The van der Waals surface area contributed by atoms with Crippen LogP contribution in [-0.2, 0) is 0 Å². The molecule has 30 heavy (non-hydrogen) atoms. The van der Waals surface area contributed by atoms with Crippen molar-refractivity contribution in [2.45, 2.75) is 0 Å². The third-order valence-electron chi connectivity index (χ3n) is 4.78. The molecule has 3 heterocycles. The van der Waals surface area contributed by atoms with Crippen molar-refractivity contribution in [2.24, 2.45) is 0 Å². The molecule has 3 aromatic heterocycles. The van der Waals surface area contributed by atoms with Crippen molar-refractivity contribution in [2.75, 3.05) is 0 Å². The summed E-state index contributed by atoms with van der Waals surface area (Å²) in [5.74, 6) is 0.649. The summed E-state index contributed by atoms with van der Waals surface area (Å²) >= 11 is 0. The molecule has 0 aliphatic carbocycles. The topological polar surface area (TPSA) is 67.6 Å². The lowest BCUT2D eigenvalue weighted by Gasteiger charge is -1.98. The second kappa shape index (κ2) is 7.53. The summed E-state index contributed by atoms with van der Waals surface area (Å²) in [6.45, 7) is 0. The number of fused-ring (bicyclic) bond motifs is 1. The van der Waals surface area contributed by atoms with Crippen LogP contribution in [0.1, 0.15) is 11.3 Å². The molecule has 0 radical (unpaired) electrons. The number of benzene rings is 2. The van der Waals surface area contributed by atoms with Gasteiger partial charge in [0.25, 0.3) is 0 Å². The van der Waals surface area contributed by atoms with Gasteiger partial charge in [-0.1, -0.05) is 42.5 Å². The van der Waals surface area contributed by atoms with Crippen LogP contribution in [0.15, 0.2) is 95.7 Å². The minimum atomic E-state index is 0.459. The van der Waals surface area contributed by atoms with Crippen molar-refractivity contribution in [3.63, 3.8) is 0 Å². The molecular formula is C25H16N4O. The van der Waals surface area contributed by atoms with Gasteiger partial charge >= 0.3 is 0 Å². The van der Waals surface area contributed by atoms with Crippen molar-refractivity contribution in [3.8, 4) is 23.2 Å². The van der Waals surface area contributed by atoms with E-state index in [1.54, 1.807) is 17.0 Å². The Hall–Kier alpha value is -4.43. The molecule has 0 unspecified atom stereocenters. The molecule has 0 N–H and O–H groups in total. The monoisotopic (exact) mass is 388 g/mol. The van der Waals surface area contributed by atoms with Crippen LogP contribution in [0.2, 0.25) is 0 Å². The fraction of sp³-hybridized carbons (Fsp3) is 0. The molecule has 5 nitrogen and oxygen atoms in total. The molecule has 2 aromatic carbocycles. The first-order valence-electron chi connectivity index (χ1n) is 9.49. The van der Waals surface area contributed by atoms with Gasteiger partial charge in [0.15, 0.2) is 5.76 Å². The highest BCUT2D eigenvalue weighted by atomic mass is 16.3. The van der Waals surface area contributed by atoms with Gasteiger partial charge < -0.3 is 4.42 Å². The molecule has 5 rings (SSSR count). The van der Waals surface area contributed by atoms with Crippen LogP contribution in [-0.4, -0.2) is 14.8 Å². The normalized spacial score (nSPS) is 11.5. The van der Waals surface area contributed by atoms with E-state index in [1.807, 2.05) is 85.1 Å². The van der Waals surface area contributed by atoms with Gasteiger partial charge in [0.05, 0.1) is 17.0 Å². The minimum Gasteiger partial charge on any atom is -0.454 e. The molecule has 0 amide bonds. The Balaban J connectivity index is 1.70. The quantitative estimate of drug-likeness (QED) is 0.368. The average Bonchev–Trinajstić information content (AvgIpc) is 3.42. The van der Waals surface area contributed by atoms with E-state index in [4.69, 9.17) is 9.52 Å². The Morgan fingerprint density at radius 2 is 1.77 bits per heavy atom. The molecule has 0 saturated carbocycles. The van der Waals surface area contributed by atoms with E-state index in [2.05, 4.69) is 11.1 Å². The maximum Gasteiger partial charge on any atom is 0.156 e. The SMILES string of the molecule is N#C/C(=C/c1cn(-c2ccccc2)nc1-c1cc2ccccc2o1)c1ccccn1. The predicted octanol–water partition coefficient (Wildman–Crippen LogP) is 5.74. The highest BCUT2D eigenvalue weighted by molar-refractivity contribution is 5.92. The molecule has 0 bridgehead atoms. The van der Waals surface area contributed by atoms with E-state index in [0.29, 0.717) is 22.7 Å². The lowest BCUT2D eigenvalue weighted by Crippen LogP contribution is -1.93. The molecule has 0 atom stereocenters. The van der Waals surface area contributed by atoms with E-state index in [-0.39, 0.29) is 0 Å². The maximum atomic E-state index is 9.73. The zero-order valence-corrected chi connectivity index (χ0v) is 15.9. The number of para-hydroxylation sites is 2. The smallest absolute Gasteiger partial charge is 0.156 e. The van der Waals surface area contributed by atoms with Crippen molar-refractivity contribution in [3.05, 3.63) is 103 Å². The standard InChI is InChI=1S/C25H16N4O/c26-16-19(22-11-6-7-13-27-22)14-20-17-29(21-9-2-1-3-10-21)28-25(20)24-15-18-8-4-5-12-23(18)30-24/h1-15,17H/b19-14-. The predicted molar refractivity (Wildman–Crippen MR) is 116 cm³/mol. The summed E-state index contributed by atoms with van der Waals surface area (Å²) in [5.41, 5.74) is 4.23. The van der Waals surface area contributed by atoms with Crippen molar-refractivity contribution in [1.29, 1.82) is 5.26 Å². The van der Waals surface area contributed by atoms with Crippen LogP contribution >= 0.6 is 0 Å². The largest absolute Gasteiger partial charge is 0.454 e. The van der Waals surface area contributed by atoms with Gasteiger partial charge in [-0.15, -0.1) is 0 Å². The Labute approximate surface area is 173 Å². The van der Waals surface area contributed by atoms with E-state index >= 15 is 0 Å². The summed E-state index contributed by atoms with van der Waals surface area (Å²) in [6.07, 6.45) is 5.38. The van der Waals surface area contributed by atoms with Gasteiger partial charge in [-0.3, -0.25) is 4.98 Å². The highest BCUT2D eigenvalue weighted by Gasteiger charge is 2.16. The molecular weight excluding hydrogens is 372 g/mol. The van der Waals surface area contributed by atoms with Gasteiger partial charge in [0, 0.05) is 23.3 Å². The molecule has 5 aromatic rings. The first-order chi connectivity index (χ1) is 14.8. The van der Waals surface area contributed by atoms with Gasteiger partial charge in [-0.2, -0.15) is 10.4 Å². The second-order valence-corrected chi connectivity index (χ2v) is 6.75. The van der Waals surface area contributed by atoms with Crippen molar-refractivity contribution < 1.29 is 4.42 Å². The Kier molecular flexibility index (Phi) is 4.43. The number of hydrogen-bond donors (Lipinski definition) is 0. The summed E-state index contributed by atoms with van der Waals surface area (Å²) in [7, 11) is 0. The van der Waals surface area contributed by atoms with Gasteiger partial charge in [-0.25, -0.2) is 4.68 Å². The zero-order valence-electron chi connectivity index (χ0n) is 15.9. The summed E-state index contributed by atoms with van der Waals surface area (Å²) in [5, 5.41) is 15.5. The molecule has 0 aliphatic rings. The minimum absolute atomic E-state index is 0.459. The number of nitrogens with zero attached hydrogens (tertiary/aromatic N) is 4. The molecule has 0 saturated heterocycles. The highest BCUT2D eigenvalue weighted by Crippen LogP contribution is 2.31. The Morgan fingerprint density at radius 1 is 0.967 bits per heavy atom. The van der Waals surface area contributed by atoms with E-state index in [9.17, 15) is 5.26 Å². The Bertz CT molecular complexity index is 1360. The number of pyridine rings is 1. The van der Waals surface area contributed by atoms with Gasteiger partial charge in [0.2, 0.25) is 0 Å². The molecule has 142 valence electrons. The fourth-order valence-corrected chi connectivity index (χ4v) is 3.34.